The fraction of sp³-hybridized carbons (Fsp3) is 0.182. The predicted molar refractivity (Wildman–Crippen MR) is 117 cm³/mol. The van der Waals surface area contributed by atoms with Gasteiger partial charge in [-0.2, -0.15) is 0 Å². The molecule has 0 radical (unpaired) electrons. The topological polar surface area (TPSA) is 37.8 Å². The zero-order valence-electron chi connectivity index (χ0n) is 15.4. The van der Waals surface area contributed by atoms with E-state index in [4.69, 9.17) is 12.2 Å². The van der Waals surface area contributed by atoms with Crippen molar-refractivity contribution >= 4 is 33.8 Å². The van der Waals surface area contributed by atoms with Crippen LogP contribution in [-0.4, -0.2) is 9.55 Å². The molecule has 0 spiro atoms. The minimum Gasteiger partial charge on any atom is -0.323 e. The molecule has 2 aromatic heterocycles. The van der Waals surface area contributed by atoms with Crippen LogP contribution in [0.4, 0.5) is 0 Å². The highest BCUT2D eigenvalue weighted by Crippen LogP contribution is 2.32. The van der Waals surface area contributed by atoms with Crippen LogP contribution in [0.25, 0.3) is 27.0 Å². The van der Waals surface area contributed by atoms with E-state index in [9.17, 15) is 4.79 Å². The standard InChI is InChI=1S/C22H20N2OS2/c1-22(2,3)15-11-9-14(10-12-15)17-13-27-19-18(17)20(25)24(21(26)23-19)16-7-5-4-6-8-16/h4-13H,1-3H3,(H,23,26). The van der Waals surface area contributed by atoms with Crippen molar-refractivity contribution in [3.05, 3.63) is 80.7 Å². The second-order valence-corrected chi connectivity index (χ2v) is 8.85. The molecular formula is C22H20N2OS2. The Labute approximate surface area is 166 Å². The molecule has 0 amide bonds. The summed E-state index contributed by atoms with van der Waals surface area (Å²) >= 11 is 6.96. The molecule has 0 aliphatic heterocycles. The molecule has 3 nitrogen and oxygen atoms in total. The molecule has 0 aliphatic carbocycles. The van der Waals surface area contributed by atoms with Gasteiger partial charge in [-0.05, 0) is 40.9 Å². The fourth-order valence-electron chi connectivity index (χ4n) is 3.19. The molecule has 0 unspecified atom stereocenters. The van der Waals surface area contributed by atoms with Crippen LogP contribution in [0.3, 0.4) is 0 Å². The Hall–Kier alpha value is -2.50. The molecule has 0 aliphatic rings. The third kappa shape index (κ3) is 3.17. The van der Waals surface area contributed by atoms with E-state index in [1.54, 1.807) is 4.57 Å². The molecule has 0 saturated carbocycles. The Morgan fingerprint density at radius 1 is 1.00 bits per heavy atom. The van der Waals surface area contributed by atoms with Gasteiger partial charge < -0.3 is 4.98 Å². The number of rotatable bonds is 2. The van der Waals surface area contributed by atoms with Crippen molar-refractivity contribution in [3.63, 3.8) is 0 Å². The Morgan fingerprint density at radius 2 is 1.67 bits per heavy atom. The number of benzene rings is 2. The van der Waals surface area contributed by atoms with Crippen molar-refractivity contribution in [2.75, 3.05) is 0 Å². The molecule has 136 valence electrons. The molecule has 2 aromatic carbocycles. The summed E-state index contributed by atoms with van der Waals surface area (Å²) in [6.45, 7) is 6.59. The van der Waals surface area contributed by atoms with Crippen molar-refractivity contribution in [2.24, 2.45) is 0 Å². The first-order chi connectivity index (χ1) is 12.9. The highest BCUT2D eigenvalue weighted by Gasteiger charge is 2.17. The smallest absolute Gasteiger partial charge is 0.268 e. The van der Waals surface area contributed by atoms with Gasteiger partial charge in [-0.25, -0.2) is 0 Å². The van der Waals surface area contributed by atoms with Crippen LogP contribution in [0.1, 0.15) is 26.3 Å². The number of thiophene rings is 1. The lowest BCUT2D eigenvalue weighted by atomic mass is 9.86. The number of H-pyrrole nitrogens is 1. The molecule has 0 bridgehead atoms. The fourth-order valence-corrected chi connectivity index (χ4v) is 4.51. The number of nitrogens with one attached hydrogen (secondary N) is 1. The van der Waals surface area contributed by atoms with Crippen LogP contribution in [0.5, 0.6) is 0 Å². The molecule has 1 N–H and O–H groups in total. The molecule has 27 heavy (non-hydrogen) atoms. The predicted octanol–water partition coefficient (Wildman–Crippen LogP) is 6.07. The number of nitrogens with zero attached hydrogens (tertiary/aromatic N) is 1. The van der Waals surface area contributed by atoms with Gasteiger partial charge >= 0.3 is 0 Å². The summed E-state index contributed by atoms with van der Waals surface area (Å²) in [7, 11) is 0. The molecule has 0 fully saturated rings. The second-order valence-electron chi connectivity index (χ2n) is 7.59. The lowest BCUT2D eigenvalue weighted by molar-refractivity contribution is 0.590. The molecule has 0 saturated heterocycles. The van der Waals surface area contributed by atoms with E-state index in [-0.39, 0.29) is 11.0 Å². The Balaban J connectivity index is 1.94. The summed E-state index contributed by atoms with van der Waals surface area (Å²) < 4.78 is 1.98. The van der Waals surface area contributed by atoms with E-state index >= 15 is 0 Å². The number of aromatic nitrogens is 2. The van der Waals surface area contributed by atoms with Crippen molar-refractivity contribution in [1.82, 2.24) is 9.55 Å². The second kappa shape index (κ2) is 6.59. The van der Waals surface area contributed by atoms with Gasteiger partial charge in [-0.15, -0.1) is 11.3 Å². The average Bonchev–Trinajstić information content (AvgIpc) is 3.06. The maximum atomic E-state index is 13.3. The van der Waals surface area contributed by atoms with E-state index < -0.39 is 0 Å². The van der Waals surface area contributed by atoms with Crippen LogP contribution in [0, 0.1) is 4.77 Å². The van der Waals surface area contributed by atoms with Crippen molar-refractivity contribution in [3.8, 4) is 16.8 Å². The Morgan fingerprint density at radius 3 is 2.30 bits per heavy atom. The van der Waals surface area contributed by atoms with E-state index in [0.717, 1.165) is 21.6 Å². The number of aromatic amines is 1. The summed E-state index contributed by atoms with van der Waals surface area (Å²) in [4.78, 5) is 17.3. The van der Waals surface area contributed by atoms with Crippen molar-refractivity contribution < 1.29 is 0 Å². The van der Waals surface area contributed by atoms with Gasteiger partial charge in [0.2, 0.25) is 0 Å². The van der Waals surface area contributed by atoms with E-state index in [1.165, 1.54) is 16.9 Å². The highest BCUT2D eigenvalue weighted by molar-refractivity contribution is 7.71. The zero-order valence-corrected chi connectivity index (χ0v) is 17.1. The van der Waals surface area contributed by atoms with Gasteiger partial charge in [0.15, 0.2) is 4.77 Å². The third-order valence-corrected chi connectivity index (χ3v) is 5.89. The third-order valence-electron chi connectivity index (χ3n) is 4.71. The lowest BCUT2D eigenvalue weighted by Gasteiger charge is -2.19. The SMILES string of the molecule is CC(C)(C)c1ccc(-c2csc3[nH]c(=S)n(-c4ccccc4)c(=O)c23)cc1. The first-order valence-corrected chi connectivity index (χ1v) is 10.1. The largest absolute Gasteiger partial charge is 0.323 e. The quantitative estimate of drug-likeness (QED) is 0.420. The molecule has 4 aromatic rings. The van der Waals surface area contributed by atoms with Gasteiger partial charge in [0.1, 0.15) is 4.83 Å². The number of para-hydroxylation sites is 1. The summed E-state index contributed by atoms with van der Waals surface area (Å²) in [6.07, 6.45) is 0. The van der Waals surface area contributed by atoms with Crippen LogP contribution >= 0.6 is 23.6 Å². The Kier molecular flexibility index (Phi) is 4.36. The monoisotopic (exact) mass is 392 g/mol. The number of hydrogen-bond acceptors (Lipinski definition) is 3. The maximum absolute atomic E-state index is 13.3. The van der Waals surface area contributed by atoms with Gasteiger partial charge in [0, 0.05) is 10.9 Å². The van der Waals surface area contributed by atoms with Crippen molar-refractivity contribution in [1.29, 1.82) is 0 Å². The number of fused-ring (bicyclic) bond motifs is 1. The van der Waals surface area contributed by atoms with Crippen LogP contribution in [0.2, 0.25) is 0 Å². The normalized spacial score (nSPS) is 11.8. The zero-order chi connectivity index (χ0) is 19.2. The van der Waals surface area contributed by atoms with E-state index in [2.05, 4.69) is 50.0 Å². The Bertz CT molecular complexity index is 1220. The summed E-state index contributed by atoms with van der Waals surface area (Å²) in [5, 5.41) is 2.71. The van der Waals surface area contributed by atoms with Crippen molar-refractivity contribution in [2.45, 2.75) is 26.2 Å². The molecule has 0 atom stereocenters. The van der Waals surface area contributed by atoms with Gasteiger partial charge in [-0.1, -0.05) is 63.2 Å². The minimum absolute atomic E-state index is 0.0869. The van der Waals surface area contributed by atoms with E-state index in [0.29, 0.717) is 10.2 Å². The van der Waals surface area contributed by atoms with Crippen LogP contribution < -0.4 is 5.56 Å². The first-order valence-electron chi connectivity index (χ1n) is 8.79. The first kappa shape index (κ1) is 17.9. The van der Waals surface area contributed by atoms with Crippen LogP contribution in [0.15, 0.2) is 64.8 Å². The highest BCUT2D eigenvalue weighted by atomic mass is 32.1. The summed E-state index contributed by atoms with van der Waals surface area (Å²) in [6, 6.07) is 18.0. The minimum atomic E-state index is -0.0869. The summed E-state index contributed by atoms with van der Waals surface area (Å²) in [5.74, 6) is 0. The molecule has 2 heterocycles. The van der Waals surface area contributed by atoms with E-state index in [1.807, 2.05) is 35.7 Å². The van der Waals surface area contributed by atoms with Gasteiger partial charge in [0.05, 0.1) is 11.1 Å². The lowest BCUT2D eigenvalue weighted by Crippen LogP contribution is -2.20. The molecule has 4 rings (SSSR count). The summed E-state index contributed by atoms with van der Waals surface area (Å²) in [5.41, 5.74) is 4.03. The average molecular weight is 393 g/mol. The van der Waals surface area contributed by atoms with Gasteiger partial charge in [0.25, 0.3) is 5.56 Å². The number of hydrogen-bond donors (Lipinski definition) is 1. The van der Waals surface area contributed by atoms with Crippen LogP contribution in [-0.2, 0) is 5.41 Å². The van der Waals surface area contributed by atoms with Gasteiger partial charge in [-0.3, -0.25) is 9.36 Å². The maximum Gasteiger partial charge on any atom is 0.268 e. The molecule has 5 heteroatoms. The molecular weight excluding hydrogens is 372 g/mol.